The minimum Gasteiger partial charge on any atom is -0.481 e. The molecule has 3 rings (SSSR count). The van der Waals surface area contributed by atoms with Crippen molar-refractivity contribution in [3.8, 4) is 0 Å². The number of likely N-dealkylation sites (tertiary alicyclic amines) is 2. The Labute approximate surface area is 142 Å². The second kappa shape index (κ2) is 6.18. The van der Waals surface area contributed by atoms with Gasteiger partial charge in [-0.25, -0.2) is 0 Å². The fourth-order valence-electron chi connectivity index (χ4n) is 4.21. The third-order valence-corrected chi connectivity index (χ3v) is 5.46. The molecule has 0 aromatic carbocycles. The van der Waals surface area contributed by atoms with E-state index in [9.17, 15) is 14.7 Å². The molecule has 0 spiro atoms. The van der Waals surface area contributed by atoms with Crippen molar-refractivity contribution in [1.82, 2.24) is 14.4 Å². The number of Topliss-reactive ketones (excluding diaryl/α,β-unsaturated/α-hetero) is 1. The molecule has 0 unspecified atom stereocenters. The van der Waals surface area contributed by atoms with Gasteiger partial charge in [0.1, 0.15) is 0 Å². The first-order valence-corrected chi connectivity index (χ1v) is 8.31. The SMILES string of the molecule is C=CCN1C[C@@H]2CN(Cc3cc(C(C)=O)cn3C)C[C@]2(C(=O)O)C1. The number of hydrogen-bond donors (Lipinski definition) is 1. The van der Waals surface area contributed by atoms with Crippen molar-refractivity contribution in [2.45, 2.75) is 13.5 Å². The summed E-state index contributed by atoms with van der Waals surface area (Å²) in [6.07, 6.45) is 3.68. The Morgan fingerprint density at radius 1 is 1.38 bits per heavy atom. The molecule has 2 fully saturated rings. The first-order valence-electron chi connectivity index (χ1n) is 8.31. The lowest BCUT2D eigenvalue weighted by atomic mass is 9.81. The number of aromatic nitrogens is 1. The number of carboxylic acids is 1. The van der Waals surface area contributed by atoms with Gasteiger partial charge in [0.15, 0.2) is 5.78 Å². The summed E-state index contributed by atoms with van der Waals surface area (Å²) in [5.41, 5.74) is 1.07. The molecule has 2 atom stereocenters. The van der Waals surface area contributed by atoms with Crippen molar-refractivity contribution in [3.63, 3.8) is 0 Å². The summed E-state index contributed by atoms with van der Waals surface area (Å²) in [5, 5.41) is 9.85. The van der Waals surface area contributed by atoms with Crippen LogP contribution in [0.25, 0.3) is 0 Å². The van der Waals surface area contributed by atoms with Crippen molar-refractivity contribution in [2.75, 3.05) is 32.7 Å². The highest BCUT2D eigenvalue weighted by molar-refractivity contribution is 5.94. The van der Waals surface area contributed by atoms with Gasteiger partial charge in [-0.05, 0) is 13.0 Å². The van der Waals surface area contributed by atoms with Crippen LogP contribution in [-0.2, 0) is 18.4 Å². The van der Waals surface area contributed by atoms with E-state index in [1.54, 1.807) is 6.92 Å². The molecule has 3 heterocycles. The molecular formula is C18H25N3O3. The second-order valence-corrected chi connectivity index (χ2v) is 7.20. The standard InChI is InChI=1S/C18H25N3O3/c1-4-5-20-8-15-9-21(12-18(15,11-20)17(23)24)10-16-6-14(13(2)22)7-19(16)3/h4,6-7,15H,1,5,8-12H2,2-3H3,(H,23,24)/t15-,18-/m1/s1. The number of carbonyl (C=O) groups excluding carboxylic acids is 1. The third-order valence-electron chi connectivity index (χ3n) is 5.46. The summed E-state index contributed by atoms with van der Waals surface area (Å²) in [6.45, 7) is 9.46. The molecule has 1 aromatic heterocycles. The van der Waals surface area contributed by atoms with Gasteiger partial charge >= 0.3 is 5.97 Å². The first kappa shape index (κ1) is 16.9. The summed E-state index contributed by atoms with van der Waals surface area (Å²) >= 11 is 0. The molecule has 130 valence electrons. The minimum absolute atomic E-state index is 0.0530. The number of carbonyl (C=O) groups is 2. The number of aryl methyl sites for hydroxylation is 1. The zero-order valence-corrected chi connectivity index (χ0v) is 14.4. The number of aliphatic carboxylic acids is 1. The minimum atomic E-state index is -0.696. The van der Waals surface area contributed by atoms with E-state index in [4.69, 9.17) is 0 Å². The molecule has 0 amide bonds. The van der Waals surface area contributed by atoms with E-state index in [-0.39, 0.29) is 11.7 Å². The fourth-order valence-corrected chi connectivity index (χ4v) is 4.21. The second-order valence-electron chi connectivity index (χ2n) is 7.20. The lowest BCUT2D eigenvalue weighted by Crippen LogP contribution is -2.40. The molecule has 24 heavy (non-hydrogen) atoms. The quantitative estimate of drug-likeness (QED) is 0.627. The highest BCUT2D eigenvalue weighted by Crippen LogP contribution is 2.43. The van der Waals surface area contributed by atoms with E-state index in [2.05, 4.69) is 16.4 Å². The smallest absolute Gasteiger partial charge is 0.312 e. The van der Waals surface area contributed by atoms with Crippen LogP contribution in [0, 0.1) is 11.3 Å². The Balaban J connectivity index is 1.74. The van der Waals surface area contributed by atoms with Crippen LogP contribution in [-0.4, -0.2) is 63.9 Å². The van der Waals surface area contributed by atoms with Gasteiger partial charge in [-0.2, -0.15) is 0 Å². The van der Waals surface area contributed by atoms with Crippen LogP contribution in [0.1, 0.15) is 23.0 Å². The Kier molecular flexibility index (Phi) is 4.36. The molecule has 6 nitrogen and oxygen atoms in total. The van der Waals surface area contributed by atoms with Crippen LogP contribution in [0.2, 0.25) is 0 Å². The number of rotatable bonds is 6. The van der Waals surface area contributed by atoms with Crippen LogP contribution < -0.4 is 0 Å². The van der Waals surface area contributed by atoms with Crippen molar-refractivity contribution < 1.29 is 14.7 Å². The average molecular weight is 331 g/mol. The van der Waals surface area contributed by atoms with Crippen molar-refractivity contribution in [1.29, 1.82) is 0 Å². The maximum atomic E-state index is 12.0. The van der Waals surface area contributed by atoms with E-state index in [1.807, 2.05) is 30.0 Å². The topological polar surface area (TPSA) is 65.8 Å². The van der Waals surface area contributed by atoms with Gasteiger partial charge < -0.3 is 9.67 Å². The van der Waals surface area contributed by atoms with Crippen molar-refractivity contribution >= 4 is 11.8 Å². The summed E-state index contributed by atoms with van der Waals surface area (Å²) < 4.78 is 1.96. The van der Waals surface area contributed by atoms with Crippen LogP contribution >= 0.6 is 0 Å². The summed E-state index contributed by atoms with van der Waals surface area (Å²) in [4.78, 5) is 27.9. The van der Waals surface area contributed by atoms with Crippen molar-refractivity contribution in [2.24, 2.45) is 18.4 Å². The molecular weight excluding hydrogens is 306 g/mol. The van der Waals surface area contributed by atoms with Crippen LogP contribution in [0.5, 0.6) is 0 Å². The van der Waals surface area contributed by atoms with Gasteiger partial charge in [0.05, 0.1) is 5.41 Å². The van der Waals surface area contributed by atoms with Crippen molar-refractivity contribution in [3.05, 3.63) is 36.2 Å². The molecule has 0 aliphatic carbocycles. The number of hydrogen-bond acceptors (Lipinski definition) is 4. The predicted molar refractivity (Wildman–Crippen MR) is 90.9 cm³/mol. The van der Waals surface area contributed by atoms with E-state index in [1.165, 1.54) is 0 Å². The summed E-state index contributed by atoms with van der Waals surface area (Å²) in [6, 6.07) is 1.91. The maximum absolute atomic E-state index is 12.0. The van der Waals surface area contributed by atoms with E-state index >= 15 is 0 Å². The van der Waals surface area contributed by atoms with Crippen LogP contribution in [0.4, 0.5) is 0 Å². The first-order chi connectivity index (χ1) is 11.4. The van der Waals surface area contributed by atoms with Gasteiger partial charge in [-0.3, -0.25) is 19.4 Å². The largest absolute Gasteiger partial charge is 0.481 e. The predicted octanol–water partition coefficient (Wildman–Crippen LogP) is 1.23. The molecule has 2 aliphatic heterocycles. The Bertz CT molecular complexity index is 681. The molecule has 2 aliphatic rings. The lowest BCUT2D eigenvalue weighted by Gasteiger charge is -2.25. The molecule has 0 bridgehead atoms. The molecule has 1 aromatic rings. The number of fused-ring (bicyclic) bond motifs is 1. The Morgan fingerprint density at radius 2 is 2.04 bits per heavy atom. The van der Waals surface area contributed by atoms with Gasteiger partial charge in [0, 0.05) is 69.7 Å². The number of nitrogens with zero attached hydrogens (tertiary/aromatic N) is 3. The van der Waals surface area contributed by atoms with E-state index in [0.717, 1.165) is 25.3 Å². The van der Waals surface area contributed by atoms with Gasteiger partial charge in [0.25, 0.3) is 0 Å². The fraction of sp³-hybridized carbons (Fsp3) is 0.556. The molecule has 0 saturated carbocycles. The number of carboxylic acid groups (broad SMARTS) is 1. The van der Waals surface area contributed by atoms with E-state index in [0.29, 0.717) is 25.2 Å². The zero-order chi connectivity index (χ0) is 17.5. The normalized spacial score (nSPS) is 27.3. The maximum Gasteiger partial charge on any atom is 0.312 e. The average Bonchev–Trinajstić information content (AvgIpc) is 3.11. The highest BCUT2D eigenvalue weighted by Gasteiger charge is 2.57. The monoisotopic (exact) mass is 331 g/mol. The van der Waals surface area contributed by atoms with E-state index < -0.39 is 11.4 Å². The van der Waals surface area contributed by atoms with Gasteiger partial charge in [-0.1, -0.05) is 6.08 Å². The lowest BCUT2D eigenvalue weighted by molar-refractivity contribution is -0.148. The summed E-state index contributed by atoms with van der Waals surface area (Å²) in [7, 11) is 1.93. The van der Waals surface area contributed by atoms with Gasteiger partial charge in [0.2, 0.25) is 0 Å². The summed E-state index contributed by atoms with van der Waals surface area (Å²) in [5.74, 6) is -0.502. The van der Waals surface area contributed by atoms with Crippen LogP contribution in [0.15, 0.2) is 24.9 Å². The molecule has 2 saturated heterocycles. The third kappa shape index (κ3) is 2.80. The highest BCUT2D eigenvalue weighted by atomic mass is 16.4. The number of ketones is 1. The van der Waals surface area contributed by atoms with Crippen LogP contribution in [0.3, 0.4) is 0 Å². The molecule has 1 N–H and O–H groups in total. The molecule has 6 heteroatoms. The Hall–Kier alpha value is -1.92. The Morgan fingerprint density at radius 3 is 2.58 bits per heavy atom. The molecule has 0 radical (unpaired) electrons. The zero-order valence-electron chi connectivity index (χ0n) is 14.4. The van der Waals surface area contributed by atoms with Gasteiger partial charge in [-0.15, -0.1) is 6.58 Å².